The summed E-state index contributed by atoms with van der Waals surface area (Å²) in [5.41, 5.74) is 11.3. The number of thiazole rings is 1. The Bertz CT molecular complexity index is 968. The predicted molar refractivity (Wildman–Crippen MR) is 95.2 cm³/mol. The summed E-state index contributed by atoms with van der Waals surface area (Å²) in [5.74, 6) is 0. The molecule has 3 heterocycles. The van der Waals surface area contributed by atoms with E-state index >= 15 is 0 Å². The maximum absolute atomic E-state index is 5.71. The molecule has 5 nitrogen and oxygen atoms in total. The summed E-state index contributed by atoms with van der Waals surface area (Å²) in [6, 6.07) is 13.6. The minimum absolute atomic E-state index is 0.747. The first-order chi connectivity index (χ1) is 11.2. The van der Waals surface area contributed by atoms with Crippen LogP contribution >= 0.6 is 11.3 Å². The number of hydrogen-bond donors (Lipinski definition) is 2. The molecule has 23 heavy (non-hydrogen) atoms. The molecule has 0 unspecified atom stereocenters. The van der Waals surface area contributed by atoms with Gasteiger partial charge in [0.15, 0.2) is 5.13 Å². The fourth-order valence-corrected chi connectivity index (χ4v) is 3.27. The van der Waals surface area contributed by atoms with Gasteiger partial charge in [-0.2, -0.15) is 0 Å². The summed E-state index contributed by atoms with van der Waals surface area (Å²) in [6.07, 6.45) is 2.01. The number of pyridine rings is 1. The van der Waals surface area contributed by atoms with Crippen LogP contribution in [0.4, 0.5) is 16.5 Å². The first-order valence-electron chi connectivity index (χ1n) is 7.23. The van der Waals surface area contributed by atoms with Crippen molar-refractivity contribution in [3.05, 3.63) is 59.7 Å². The van der Waals surface area contributed by atoms with E-state index < -0.39 is 0 Å². The van der Waals surface area contributed by atoms with Gasteiger partial charge >= 0.3 is 0 Å². The van der Waals surface area contributed by atoms with E-state index in [4.69, 9.17) is 10.7 Å². The molecule has 0 atom stereocenters. The van der Waals surface area contributed by atoms with Gasteiger partial charge in [0.25, 0.3) is 0 Å². The average Bonchev–Trinajstić information content (AvgIpc) is 3.12. The quantitative estimate of drug-likeness (QED) is 0.558. The summed E-state index contributed by atoms with van der Waals surface area (Å²) < 4.78 is 2.07. The molecule has 114 valence electrons. The molecule has 0 saturated heterocycles. The van der Waals surface area contributed by atoms with Crippen molar-refractivity contribution >= 4 is 33.5 Å². The highest BCUT2D eigenvalue weighted by molar-refractivity contribution is 7.14. The third kappa shape index (κ3) is 2.53. The molecule has 0 spiro atoms. The lowest BCUT2D eigenvalue weighted by Gasteiger charge is -2.02. The summed E-state index contributed by atoms with van der Waals surface area (Å²) in [6.45, 7) is 2.01. The Hall–Kier alpha value is -2.86. The number of hydrogen-bond acceptors (Lipinski definition) is 5. The molecule has 4 rings (SSSR count). The number of fused-ring (bicyclic) bond motifs is 1. The fourth-order valence-electron chi connectivity index (χ4n) is 2.55. The lowest BCUT2D eigenvalue weighted by molar-refractivity contribution is 1.17. The molecule has 0 fully saturated rings. The number of nitrogens with one attached hydrogen (secondary N) is 1. The van der Waals surface area contributed by atoms with Crippen LogP contribution in [0.2, 0.25) is 0 Å². The van der Waals surface area contributed by atoms with Crippen molar-refractivity contribution in [3.63, 3.8) is 0 Å². The van der Waals surface area contributed by atoms with Gasteiger partial charge in [-0.3, -0.25) is 4.40 Å². The van der Waals surface area contributed by atoms with Gasteiger partial charge in [0.1, 0.15) is 11.3 Å². The number of nitrogen functional groups attached to an aromatic ring is 1. The molecule has 0 aliphatic rings. The number of rotatable bonds is 3. The molecule has 0 saturated carbocycles. The molecule has 3 N–H and O–H groups in total. The number of nitrogens with two attached hydrogens (primary N) is 1. The summed E-state index contributed by atoms with van der Waals surface area (Å²) in [5, 5.41) is 6.19. The molecule has 6 heteroatoms. The van der Waals surface area contributed by atoms with E-state index in [-0.39, 0.29) is 0 Å². The Kier molecular flexibility index (Phi) is 3.24. The first-order valence-corrected chi connectivity index (χ1v) is 8.11. The molecule has 1 aromatic carbocycles. The lowest BCUT2D eigenvalue weighted by Crippen LogP contribution is -1.92. The summed E-state index contributed by atoms with van der Waals surface area (Å²) in [4.78, 5) is 9.28. The second-order valence-corrected chi connectivity index (χ2v) is 6.12. The largest absolute Gasteiger partial charge is 0.399 e. The highest BCUT2D eigenvalue weighted by Gasteiger charge is 2.13. The second-order valence-electron chi connectivity index (χ2n) is 5.26. The van der Waals surface area contributed by atoms with Crippen LogP contribution < -0.4 is 11.1 Å². The van der Waals surface area contributed by atoms with Crippen molar-refractivity contribution in [2.45, 2.75) is 6.92 Å². The van der Waals surface area contributed by atoms with E-state index in [1.165, 1.54) is 0 Å². The highest BCUT2D eigenvalue weighted by atomic mass is 32.1. The molecule has 0 aliphatic carbocycles. The van der Waals surface area contributed by atoms with Gasteiger partial charge in [-0.25, -0.2) is 9.97 Å². The van der Waals surface area contributed by atoms with E-state index in [0.717, 1.165) is 39.2 Å². The van der Waals surface area contributed by atoms with Gasteiger partial charge in [0, 0.05) is 23.0 Å². The van der Waals surface area contributed by atoms with E-state index in [1.807, 2.05) is 61.0 Å². The molecule has 0 radical (unpaired) electrons. The molecule has 0 aliphatic heterocycles. The van der Waals surface area contributed by atoms with Crippen molar-refractivity contribution < 1.29 is 0 Å². The third-order valence-corrected chi connectivity index (χ3v) is 4.37. The summed E-state index contributed by atoms with van der Waals surface area (Å²) >= 11 is 1.57. The zero-order chi connectivity index (χ0) is 15.8. The van der Waals surface area contributed by atoms with Gasteiger partial charge in [-0.05, 0) is 43.3 Å². The van der Waals surface area contributed by atoms with Crippen LogP contribution in [-0.4, -0.2) is 14.4 Å². The van der Waals surface area contributed by atoms with Crippen molar-refractivity contribution in [1.82, 2.24) is 14.4 Å². The topological polar surface area (TPSA) is 68.2 Å². The maximum Gasteiger partial charge on any atom is 0.187 e. The van der Waals surface area contributed by atoms with Crippen molar-refractivity contribution in [3.8, 4) is 11.4 Å². The van der Waals surface area contributed by atoms with Crippen LogP contribution in [-0.2, 0) is 0 Å². The molecular weight excluding hydrogens is 306 g/mol. The van der Waals surface area contributed by atoms with Crippen LogP contribution in [0.3, 0.4) is 0 Å². The SMILES string of the molecule is Cc1nc2ccccn2c1-c1csc(Nc2ccc(N)cc2)n1. The minimum Gasteiger partial charge on any atom is -0.399 e. The van der Waals surface area contributed by atoms with Gasteiger partial charge in [0.2, 0.25) is 0 Å². The van der Waals surface area contributed by atoms with Crippen molar-refractivity contribution in [2.24, 2.45) is 0 Å². The van der Waals surface area contributed by atoms with Crippen molar-refractivity contribution in [2.75, 3.05) is 11.1 Å². The number of benzene rings is 1. The van der Waals surface area contributed by atoms with E-state index in [2.05, 4.69) is 14.7 Å². The van der Waals surface area contributed by atoms with Crippen LogP contribution in [0.25, 0.3) is 17.0 Å². The average molecular weight is 321 g/mol. The standard InChI is InChI=1S/C17H15N5S/c1-11-16(22-9-3-2-4-15(22)19-11)14-10-23-17(21-14)20-13-7-5-12(18)6-8-13/h2-10H,18H2,1H3,(H,20,21). The predicted octanol–water partition coefficient (Wildman–Crippen LogP) is 4.09. The molecular formula is C17H15N5S. The zero-order valence-corrected chi connectivity index (χ0v) is 13.3. The molecule has 0 amide bonds. The van der Waals surface area contributed by atoms with Gasteiger partial charge in [-0.1, -0.05) is 6.07 Å². The van der Waals surface area contributed by atoms with Gasteiger partial charge < -0.3 is 11.1 Å². The molecule has 4 aromatic rings. The Morgan fingerprint density at radius 3 is 2.74 bits per heavy atom. The van der Waals surface area contributed by atoms with Gasteiger partial charge in [0.05, 0.1) is 11.4 Å². The van der Waals surface area contributed by atoms with Crippen LogP contribution in [0.5, 0.6) is 0 Å². The fraction of sp³-hybridized carbons (Fsp3) is 0.0588. The zero-order valence-electron chi connectivity index (χ0n) is 12.5. The highest BCUT2D eigenvalue weighted by Crippen LogP contribution is 2.29. The Morgan fingerprint density at radius 2 is 1.91 bits per heavy atom. The van der Waals surface area contributed by atoms with Gasteiger partial charge in [-0.15, -0.1) is 11.3 Å². The number of aromatic nitrogens is 3. The Balaban J connectivity index is 1.69. The number of anilines is 3. The third-order valence-electron chi connectivity index (χ3n) is 3.61. The van der Waals surface area contributed by atoms with Crippen LogP contribution in [0, 0.1) is 6.92 Å². The smallest absolute Gasteiger partial charge is 0.187 e. The molecule has 3 aromatic heterocycles. The number of nitrogens with zero attached hydrogens (tertiary/aromatic N) is 3. The maximum atomic E-state index is 5.71. The number of imidazole rings is 1. The normalized spacial score (nSPS) is 11.0. The lowest BCUT2D eigenvalue weighted by atomic mass is 10.3. The van der Waals surface area contributed by atoms with Crippen molar-refractivity contribution in [1.29, 1.82) is 0 Å². The molecule has 0 bridgehead atoms. The number of aryl methyl sites for hydroxylation is 1. The minimum atomic E-state index is 0.747. The van der Waals surface area contributed by atoms with E-state index in [1.54, 1.807) is 11.3 Å². The monoisotopic (exact) mass is 321 g/mol. The van der Waals surface area contributed by atoms with Crippen LogP contribution in [0.15, 0.2) is 54.0 Å². The Morgan fingerprint density at radius 1 is 1.09 bits per heavy atom. The van der Waals surface area contributed by atoms with Crippen LogP contribution in [0.1, 0.15) is 5.69 Å². The second kappa shape index (κ2) is 5.40. The Labute approximate surface area is 137 Å². The van der Waals surface area contributed by atoms with E-state index in [9.17, 15) is 0 Å². The summed E-state index contributed by atoms with van der Waals surface area (Å²) in [7, 11) is 0. The van der Waals surface area contributed by atoms with E-state index in [0.29, 0.717) is 0 Å². The first kappa shape index (κ1) is 13.8.